The summed E-state index contributed by atoms with van der Waals surface area (Å²) in [4.78, 5) is 8.88. The standard InChI is InChI=1S/C12H21N3/c1-5-6-11(13-4)7-12-10(3)14-8-9(2)15-12/h8,11,13H,5-7H2,1-4H3. The van der Waals surface area contributed by atoms with Gasteiger partial charge in [-0.3, -0.25) is 9.97 Å². The lowest BCUT2D eigenvalue weighted by Gasteiger charge is -2.15. The summed E-state index contributed by atoms with van der Waals surface area (Å²) < 4.78 is 0. The van der Waals surface area contributed by atoms with Gasteiger partial charge in [0.15, 0.2) is 0 Å². The van der Waals surface area contributed by atoms with Crippen LogP contribution in [0.2, 0.25) is 0 Å². The molecule has 1 aromatic heterocycles. The van der Waals surface area contributed by atoms with Crippen LogP contribution in [-0.2, 0) is 6.42 Å². The maximum absolute atomic E-state index is 4.54. The van der Waals surface area contributed by atoms with Crippen LogP contribution in [0.25, 0.3) is 0 Å². The first-order valence-electron chi connectivity index (χ1n) is 5.63. The Labute approximate surface area is 92.3 Å². The molecule has 3 nitrogen and oxygen atoms in total. The van der Waals surface area contributed by atoms with Gasteiger partial charge in [0.1, 0.15) is 0 Å². The summed E-state index contributed by atoms with van der Waals surface area (Å²) in [5, 5.41) is 3.33. The molecular formula is C12H21N3. The summed E-state index contributed by atoms with van der Waals surface area (Å²) in [6.45, 7) is 6.23. The van der Waals surface area contributed by atoms with Crippen LogP contribution in [0, 0.1) is 13.8 Å². The van der Waals surface area contributed by atoms with Crippen LogP contribution in [0.1, 0.15) is 36.8 Å². The van der Waals surface area contributed by atoms with E-state index in [1.165, 1.54) is 12.8 Å². The third-order valence-electron chi connectivity index (χ3n) is 2.66. The molecule has 0 fully saturated rings. The first-order valence-corrected chi connectivity index (χ1v) is 5.63. The normalized spacial score (nSPS) is 12.8. The fourth-order valence-corrected chi connectivity index (χ4v) is 1.71. The van der Waals surface area contributed by atoms with Crippen LogP contribution in [0.15, 0.2) is 6.20 Å². The van der Waals surface area contributed by atoms with Crippen molar-refractivity contribution in [1.29, 1.82) is 0 Å². The van der Waals surface area contributed by atoms with Gasteiger partial charge in [-0.2, -0.15) is 0 Å². The van der Waals surface area contributed by atoms with E-state index in [0.29, 0.717) is 6.04 Å². The van der Waals surface area contributed by atoms with Crippen molar-refractivity contribution < 1.29 is 0 Å². The Morgan fingerprint density at radius 3 is 2.73 bits per heavy atom. The molecule has 1 unspecified atom stereocenters. The van der Waals surface area contributed by atoms with Gasteiger partial charge in [-0.15, -0.1) is 0 Å². The van der Waals surface area contributed by atoms with Crippen LogP contribution < -0.4 is 5.32 Å². The predicted octanol–water partition coefficient (Wildman–Crippen LogP) is 2.02. The van der Waals surface area contributed by atoms with E-state index in [-0.39, 0.29) is 0 Å². The lowest BCUT2D eigenvalue weighted by Crippen LogP contribution is -2.28. The molecule has 0 aliphatic rings. The molecule has 1 atom stereocenters. The fraction of sp³-hybridized carbons (Fsp3) is 0.667. The van der Waals surface area contributed by atoms with Gasteiger partial charge in [0.2, 0.25) is 0 Å². The minimum absolute atomic E-state index is 0.518. The lowest BCUT2D eigenvalue weighted by atomic mass is 10.1. The van der Waals surface area contributed by atoms with Gasteiger partial charge in [0.25, 0.3) is 0 Å². The van der Waals surface area contributed by atoms with Crippen molar-refractivity contribution in [2.75, 3.05) is 7.05 Å². The second-order valence-electron chi connectivity index (χ2n) is 4.02. The highest BCUT2D eigenvalue weighted by molar-refractivity contribution is 5.13. The number of nitrogens with zero attached hydrogens (tertiary/aromatic N) is 2. The SMILES string of the molecule is CCCC(Cc1nc(C)cnc1C)NC. The summed E-state index contributed by atoms with van der Waals surface area (Å²) in [6.07, 6.45) is 5.19. The van der Waals surface area contributed by atoms with Gasteiger partial charge in [-0.1, -0.05) is 13.3 Å². The first-order chi connectivity index (χ1) is 7.17. The third kappa shape index (κ3) is 3.59. The quantitative estimate of drug-likeness (QED) is 0.802. The molecule has 0 aliphatic carbocycles. The first kappa shape index (κ1) is 12.1. The van der Waals surface area contributed by atoms with Crippen LogP contribution in [0.3, 0.4) is 0 Å². The van der Waals surface area contributed by atoms with E-state index in [2.05, 4.69) is 22.2 Å². The molecular weight excluding hydrogens is 186 g/mol. The molecule has 3 heteroatoms. The minimum atomic E-state index is 0.518. The molecule has 0 saturated heterocycles. The predicted molar refractivity (Wildman–Crippen MR) is 63.0 cm³/mol. The molecule has 0 bridgehead atoms. The smallest absolute Gasteiger partial charge is 0.0634 e. The summed E-state index contributed by atoms with van der Waals surface area (Å²) in [5.74, 6) is 0. The van der Waals surface area contributed by atoms with Crippen molar-refractivity contribution >= 4 is 0 Å². The Hall–Kier alpha value is -0.960. The van der Waals surface area contributed by atoms with Gasteiger partial charge >= 0.3 is 0 Å². The maximum Gasteiger partial charge on any atom is 0.0634 e. The summed E-state index contributed by atoms with van der Waals surface area (Å²) in [5.41, 5.74) is 3.18. The number of likely N-dealkylation sites (N-methyl/N-ethyl adjacent to an activating group) is 1. The molecule has 15 heavy (non-hydrogen) atoms. The van der Waals surface area contributed by atoms with Gasteiger partial charge in [-0.05, 0) is 27.3 Å². The lowest BCUT2D eigenvalue weighted by molar-refractivity contribution is 0.506. The van der Waals surface area contributed by atoms with Crippen LogP contribution in [0.4, 0.5) is 0 Å². The number of rotatable bonds is 5. The Morgan fingerprint density at radius 1 is 1.40 bits per heavy atom. The third-order valence-corrected chi connectivity index (χ3v) is 2.66. The van der Waals surface area contributed by atoms with E-state index < -0.39 is 0 Å². The summed E-state index contributed by atoms with van der Waals surface area (Å²) in [7, 11) is 2.01. The second kappa shape index (κ2) is 5.81. The second-order valence-corrected chi connectivity index (χ2v) is 4.02. The molecule has 0 aromatic carbocycles. The molecule has 0 radical (unpaired) electrons. The van der Waals surface area contributed by atoms with Gasteiger partial charge < -0.3 is 5.32 Å². The van der Waals surface area contributed by atoms with Gasteiger partial charge in [0, 0.05) is 18.7 Å². The summed E-state index contributed by atoms with van der Waals surface area (Å²) >= 11 is 0. The molecule has 1 aromatic rings. The monoisotopic (exact) mass is 207 g/mol. The minimum Gasteiger partial charge on any atom is -0.317 e. The van der Waals surface area contributed by atoms with Gasteiger partial charge in [0.05, 0.1) is 17.1 Å². The number of aromatic nitrogens is 2. The van der Waals surface area contributed by atoms with Crippen molar-refractivity contribution in [3.8, 4) is 0 Å². The number of hydrogen-bond acceptors (Lipinski definition) is 3. The zero-order chi connectivity index (χ0) is 11.3. The molecule has 1 rings (SSSR count). The topological polar surface area (TPSA) is 37.8 Å². The van der Waals surface area contributed by atoms with E-state index in [1.54, 1.807) is 0 Å². The zero-order valence-electron chi connectivity index (χ0n) is 10.2. The Bertz CT molecular complexity index is 310. The van der Waals surface area contributed by atoms with E-state index >= 15 is 0 Å². The zero-order valence-corrected chi connectivity index (χ0v) is 10.2. The van der Waals surface area contributed by atoms with Crippen molar-refractivity contribution in [3.63, 3.8) is 0 Å². The van der Waals surface area contributed by atoms with Crippen molar-refractivity contribution in [2.24, 2.45) is 0 Å². The number of nitrogens with one attached hydrogen (secondary N) is 1. The van der Waals surface area contributed by atoms with E-state index in [1.807, 2.05) is 27.1 Å². The maximum atomic E-state index is 4.54. The highest BCUT2D eigenvalue weighted by atomic mass is 14.9. The molecule has 1 heterocycles. The highest BCUT2D eigenvalue weighted by Gasteiger charge is 2.09. The van der Waals surface area contributed by atoms with Crippen LogP contribution >= 0.6 is 0 Å². The van der Waals surface area contributed by atoms with E-state index in [0.717, 1.165) is 23.5 Å². The highest BCUT2D eigenvalue weighted by Crippen LogP contribution is 2.08. The molecule has 0 saturated carbocycles. The van der Waals surface area contributed by atoms with Crippen molar-refractivity contribution in [1.82, 2.24) is 15.3 Å². The number of aryl methyl sites for hydroxylation is 2. The molecule has 0 spiro atoms. The Balaban J connectivity index is 2.73. The Kier molecular flexibility index (Phi) is 4.69. The Morgan fingerprint density at radius 2 is 2.13 bits per heavy atom. The van der Waals surface area contributed by atoms with Gasteiger partial charge in [-0.25, -0.2) is 0 Å². The molecule has 84 valence electrons. The fourth-order valence-electron chi connectivity index (χ4n) is 1.71. The summed E-state index contributed by atoms with van der Waals surface area (Å²) in [6, 6.07) is 0.518. The molecule has 1 N–H and O–H groups in total. The largest absolute Gasteiger partial charge is 0.317 e. The molecule has 0 aliphatic heterocycles. The number of hydrogen-bond donors (Lipinski definition) is 1. The van der Waals surface area contributed by atoms with Crippen molar-refractivity contribution in [2.45, 2.75) is 46.1 Å². The average Bonchev–Trinajstić information content (AvgIpc) is 2.22. The van der Waals surface area contributed by atoms with E-state index in [9.17, 15) is 0 Å². The van der Waals surface area contributed by atoms with Crippen LogP contribution in [0.5, 0.6) is 0 Å². The molecule has 0 amide bonds. The van der Waals surface area contributed by atoms with E-state index in [4.69, 9.17) is 0 Å². The van der Waals surface area contributed by atoms with Crippen molar-refractivity contribution in [3.05, 3.63) is 23.3 Å². The average molecular weight is 207 g/mol. The van der Waals surface area contributed by atoms with Crippen LogP contribution in [-0.4, -0.2) is 23.1 Å².